The van der Waals surface area contributed by atoms with Gasteiger partial charge in [0.15, 0.2) is 0 Å². The first-order chi connectivity index (χ1) is 12.6. The van der Waals surface area contributed by atoms with Crippen LogP contribution in [0.3, 0.4) is 0 Å². The number of nitrogens with one attached hydrogen (secondary N) is 1. The van der Waals surface area contributed by atoms with Gasteiger partial charge in [-0.3, -0.25) is 14.6 Å². The molecule has 1 amide bonds. The molecule has 1 aliphatic rings. The van der Waals surface area contributed by atoms with E-state index in [-0.39, 0.29) is 5.91 Å². The first kappa shape index (κ1) is 18.6. The molecule has 134 valence electrons. The van der Waals surface area contributed by atoms with E-state index < -0.39 is 0 Å². The molecule has 0 radical (unpaired) electrons. The zero-order valence-electron chi connectivity index (χ0n) is 14.5. The number of hydrogen-bond acceptors (Lipinski definition) is 4. The fourth-order valence-electron chi connectivity index (χ4n) is 3.00. The summed E-state index contributed by atoms with van der Waals surface area (Å²) in [7, 11) is 0. The highest BCUT2D eigenvalue weighted by Gasteiger charge is 2.19. The van der Waals surface area contributed by atoms with Crippen molar-refractivity contribution < 1.29 is 4.79 Å². The average molecular weight is 413 g/mol. The number of carbonyl (C=O) groups excluding carboxylic acids is 1. The Labute approximate surface area is 162 Å². The SMILES string of the molecule is N#Cc1ccc(CN2CCN(CC(=O)Nc3ccccc3Br)CC2)cc1. The summed E-state index contributed by atoms with van der Waals surface area (Å²) >= 11 is 3.45. The van der Waals surface area contributed by atoms with Crippen molar-refractivity contribution in [2.75, 3.05) is 38.0 Å². The molecule has 2 aromatic rings. The molecule has 1 fully saturated rings. The third kappa shape index (κ3) is 5.15. The van der Waals surface area contributed by atoms with Gasteiger partial charge in [0.2, 0.25) is 5.91 Å². The van der Waals surface area contributed by atoms with Crippen LogP contribution in [-0.4, -0.2) is 48.4 Å². The first-order valence-corrected chi connectivity index (χ1v) is 9.41. The molecule has 5 nitrogen and oxygen atoms in total. The second-order valence-corrected chi connectivity index (χ2v) is 7.24. The van der Waals surface area contributed by atoms with Crippen molar-refractivity contribution in [1.82, 2.24) is 9.80 Å². The predicted octanol–water partition coefficient (Wildman–Crippen LogP) is 3.08. The number of hydrogen-bond donors (Lipinski definition) is 1. The lowest BCUT2D eigenvalue weighted by molar-refractivity contribution is -0.117. The number of nitrogens with zero attached hydrogens (tertiary/aromatic N) is 3. The van der Waals surface area contributed by atoms with E-state index in [1.165, 1.54) is 5.56 Å². The number of rotatable bonds is 5. The van der Waals surface area contributed by atoms with Crippen molar-refractivity contribution in [3.05, 3.63) is 64.1 Å². The van der Waals surface area contributed by atoms with Crippen LogP contribution >= 0.6 is 15.9 Å². The normalized spacial score (nSPS) is 15.4. The second kappa shape index (κ2) is 8.95. The van der Waals surface area contributed by atoms with Gasteiger partial charge >= 0.3 is 0 Å². The van der Waals surface area contributed by atoms with Crippen LogP contribution in [0, 0.1) is 11.3 Å². The molecule has 0 unspecified atom stereocenters. The molecule has 6 heteroatoms. The Balaban J connectivity index is 1.44. The topological polar surface area (TPSA) is 59.4 Å². The summed E-state index contributed by atoms with van der Waals surface area (Å²) in [6, 6.07) is 17.5. The molecule has 1 saturated heterocycles. The number of carbonyl (C=O) groups is 1. The highest BCUT2D eigenvalue weighted by Crippen LogP contribution is 2.21. The molecule has 2 aromatic carbocycles. The van der Waals surface area contributed by atoms with Gasteiger partial charge in [0.25, 0.3) is 0 Å². The van der Waals surface area contributed by atoms with E-state index in [1.807, 2.05) is 48.5 Å². The third-order valence-electron chi connectivity index (χ3n) is 4.47. The lowest BCUT2D eigenvalue weighted by Crippen LogP contribution is -2.48. The molecule has 26 heavy (non-hydrogen) atoms. The average Bonchev–Trinajstić information content (AvgIpc) is 2.66. The number of para-hydroxylation sites is 1. The molecular weight excluding hydrogens is 392 g/mol. The predicted molar refractivity (Wildman–Crippen MR) is 106 cm³/mol. The lowest BCUT2D eigenvalue weighted by Gasteiger charge is -2.34. The van der Waals surface area contributed by atoms with Gasteiger partial charge < -0.3 is 5.32 Å². The standard InChI is InChI=1S/C20H21BrN4O/c21-18-3-1-2-4-19(18)23-20(26)15-25-11-9-24(10-12-25)14-17-7-5-16(13-22)6-8-17/h1-8H,9-12,14-15H2,(H,23,26). The van der Waals surface area contributed by atoms with E-state index in [1.54, 1.807) is 0 Å². The Morgan fingerprint density at radius 2 is 1.69 bits per heavy atom. The summed E-state index contributed by atoms with van der Waals surface area (Å²) in [4.78, 5) is 16.8. The monoisotopic (exact) mass is 412 g/mol. The molecule has 0 saturated carbocycles. The van der Waals surface area contributed by atoms with Crippen LogP contribution in [0.2, 0.25) is 0 Å². The fraction of sp³-hybridized carbons (Fsp3) is 0.300. The van der Waals surface area contributed by atoms with E-state index in [0.717, 1.165) is 42.9 Å². The van der Waals surface area contributed by atoms with Gasteiger partial charge in [-0.15, -0.1) is 0 Å². The molecule has 1 aliphatic heterocycles. The smallest absolute Gasteiger partial charge is 0.238 e. The number of nitriles is 1. The van der Waals surface area contributed by atoms with E-state index in [2.05, 4.69) is 37.1 Å². The highest BCUT2D eigenvalue weighted by molar-refractivity contribution is 9.10. The van der Waals surface area contributed by atoms with E-state index in [4.69, 9.17) is 5.26 Å². The summed E-state index contributed by atoms with van der Waals surface area (Å²) in [6.45, 7) is 4.90. The van der Waals surface area contributed by atoms with Crippen molar-refractivity contribution in [1.29, 1.82) is 5.26 Å². The summed E-state index contributed by atoms with van der Waals surface area (Å²) < 4.78 is 0.889. The van der Waals surface area contributed by atoms with Crippen LogP contribution in [-0.2, 0) is 11.3 Å². The molecule has 0 atom stereocenters. The van der Waals surface area contributed by atoms with E-state index >= 15 is 0 Å². The molecule has 0 spiro atoms. The van der Waals surface area contributed by atoms with Crippen molar-refractivity contribution in [3.63, 3.8) is 0 Å². The van der Waals surface area contributed by atoms with Crippen molar-refractivity contribution >= 4 is 27.5 Å². The summed E-state index contributed by atoms with van der Waals surface area (Å²) in [6.07, 6.45) is 0. The van der Waals surface area contributed by atoms with Gasteiger partial charge in [-0.25, -0.2) is 0 Å². The van der Waals surface area contributed by atoms with E-state index in [9.17, 15) is 4.79 Å². The Morgan fingerprint density at radius 3 is 2.35 bits per heavy atom. The van der Waals surface area contributed by atoms with Gasteiger partial charge in [0, 0.05) is 37.2 Å². The summed E-state index contributed by atoms with van der Waals surface area (Å²) in [5.41, 5.74) is 2.70. The van der Waals surface area contributed by atoms with Crippen LogP contribution in [0.5, 0.6) is 0 Å². The van der Waals surface area contributed by atoms with Gasteiger partial charge in [-0.2, -0.15) is 5.26 Å². The summed E-state index contributed by atoms with van der Waals surface area (Å²) in [5, 5.41) is 11.8. The molecule has 0 aromatic heterocycles. The number of halogens is 1. The molecule has 0 bridgehead atoms. The summed E-state index contributed by atoms with van der Waals surface area (Å²) in [5.74, 6) is 0.0115. The quantitative estimate of drug-likeness (QED) is 0.819. The van der Waals surface area contributed by atoms with Gasteiger partial charge in [0.1, 0.15) is 0 Å². The minimum Gasteiger partial charge on any atom is -0.324 e. The maximum atomic E-state index is 12.3. The van der Waals surface area contributed by atoms with Crippen LogP contribution < -0.4 is 5.32 Å². The zero-order chi connectivity index (χ0) is 18.4. The maximum absolute atomic E-state index is 12.3. The van der Waals surface area contributed by atoms with Crippen molar-refractivity contribution in [2.45, 2.75) is 6.54 Å². The van der Waals surface area contributed by atoms with Crippen molar-refractivity contribution in [3.8, 4) is 6.07 Å². The Kier molecular flexibility index (Phi) is 6.40. The van der Waals surface area contributed by atoms with Gasteiger partial charge in [0.05, 0.1) is 23.9 Å². The number of amides is 1. The molecule has 1 N–H and O–H groups in total. The number of benzene rings is 2. The number of piperazine rings is 1. The van der Waals surface area contributed by atoms with Crippen LogP contribution in [0.1, 0.15) is 11.1 Å². The van der Waals surface area contributed by atoms with Gasteiger partial charge in [-0.1, -0.05) is 24.3 Å². The number of anilines is 1. The van der Waals surface area contributed by atoms with Crippen molar-refractivity contribution in [2.24, 2.45) is 0 Å². The fourth-order valence-corrected chi connectivity index (χ4v) is 3.39. The Morgan fingerprint density at radius 1 is 1.04 bits per heavy atom. The van der Waals surface area contributed by atoms with Crippen LogP contribution in [0.25, 0.3) is 0 Å². The van der Waals surface area contributed by atoms with Gasteiger partial charge in [-0.05, 0) is 45.8 Å². The second-order valence-electron chi connectivity index (χ2n) is 6.39. The zero-order valence-corrected chi connectivity index (χ0v) is 16.1. The third-order valence-corrected chi connectivity index (χ3v) is 5.16. The molecule has 0 aliphatic carbocycles. The lowest BCUT2D eigenvalue weighted by atomic mass is 10.1. The van der Waals surface area contributed by atoms with E-state index in [0.29, 0.717) is 12.1 Å². The van der Waals surface area contributed by atoms with Crippen LogP contribution in [0.4, 0.5) is 5.69 Å². The molecule has 3 rings (SSSR count). The maximum Gasteiger partial charge on any atom is 0.238 e. The Bertz CT molecular complexity index is 792. The minimum absolute atomic E-state index is 0.0115. The molecule has 1 heterocycles. The largest absolute Gasteiger partial charge is 0.324 e. The highest BCUT2D eigenvalue weighted by atomic mass is 79.9. The first-order valence-electron chi connectivity index (χ1n) is 8.62. The Hall–Kier alpha value is -2.20. The molecular formula is C20H21BrN4O. The minimum atomic E-state index is 0.0115. The van der Waals surface area contributed by atoms with Crippen LogP contribution in [0.15, 0.2) is 53.0 Å².